The molecule has 1 aromatic rings. The van der Waals surface area contributed by atoms with Crippen LogP contribution in [-0.4, -0.2) is 8.11 Å². The first kappa shape index (κ1) is 27.3. The molecule has 2 rings (SSSR count). The van der Waals surface area contributed by atoms with Crippen LogP contribution >= 0.6 is 36.4 Å². The predicted molar refractivity (Wildman–Crippen MR) is 127 cm³/mol. The standard InChI is InChI=1S/C10H13ClO.C9H13.2CH3.2ClH.H3Si.Ti/c1-10(2,3)7-4-8(11)6-9(12)5-7;1-9(2,3)8-6-4-5-7-8;;;;;;/h4-6,12H,1-3H3;4,6H,5H2,1-3H3;2*1H3;2*1H;1H3;/q;;;;;;;+1/p-1. The number of rotatable bonds is 3. The molecule has 27 heavy (non-hydrogen) atoms. The Bertz CT molecular complexity index is 747. The Hall–Kier alpha value is 0.301. The fraction of sp³-hybridized carbons (Fsp3) is 0.524. The summed E-state index contributed by atoms with van der Waals surface area (Å²) in [5, 5.41) is 5.62. The fourth-order valence-corrected chi connectivity index (χ4v) is 11.8. The SMILES string of the molecule is CC(C)(C)C1=[C]([Ti]([CH3])([CH3])([SiH3])[O]c2cc(Cl)cc(C(C)(C)C)c2)CC=C1.Cl.Cl. The van der Waals surface area contributed by atoms with E-state index in [1.807, 2.05) is 6.07 Å². The number of hydrogen-bond acceptors (Lipinski definition) is 1. The van der Waals surface area contributed by atoms with E-state index in [1.165, 1.54) is 11.1 Å². The van der Waals surface area contributed by atoms with Gasteiger partial charge in [-0.1, -0.05) is 0 Å². The maximum Gasteiger partial charge on any atom is -0.147 e. The van der Waals surface area contributed by atoms with Crippen molar-refractivity contribution in [2.24, 2.45) is 5.41 Å². The summed E-state index contributed by atoms with van der Waals surface area (Å²) in [4.78, 5) is 0. The molecule has 0 N–H and O–H groups in total. The summed E-state index contributed by atoms with van der Waals surface area (Å²) in [5.41, 5.74) is 2.94. The third kappa shape index (κ3) is 6.66. The van der Waals surface area contributed by atoms with E-state index >= 15 is 0 Å². The molecule has 1 aliphatic rings. The van der Waals surface area contributed by atoms with Gasteiger partial charge in [0, 0.05) is 0 Å². The van der Waals surface area contributed by atoms with Gasteiger partial charge in [0.25, 0.3) is 0 Å². The van der Waals surface area contributed by atoms with E-state index in [0.717, 1.165) is 25.3 Å². The number of hydrogen-bond donors (Lipinski definition) is 0. The molecule has 1 aromatic carbocycles. The molecular formula is C21H36Cl3OSiTi. The molecule has 0 atom stereocenters. The molecule has 0 aliphatic heterocycles. The zero-order chi connectivity index (χ0) is 19.3. The largest absolute Gasteiger partial charge is 0.147 e. The normalized spacial score (nSPS) is 16.4. The number of allylic oxidation sites excluding steroid dienone is 4. The van der Waals surface area contributed by atoms with Gasteiger partial charge in [0.15, 0.2) is 0 Å². The van der Waals surface area contributed by atoms with Crippen LogP contribution in [0.25, 0.3) is 0 Å². The van der Waals surface area contributed by atoms with E-state index in [1.54, 1.807) is 3.88 Å². The summed E-state index contributed by atoms with van der Waals surface area (Å²) in [5.74, 6) is 0.946. The quantitative estimate of drug-likeness (QED) is 0.414. The monoisotopic (exact) mass is 485 g/mol. The summed E-state index contributed by atoms with van der Waals surface area (Å²) in [6.07, 6.45) is 5.68. The Balaban J connectivity index is 0.00000338. The summed E-state index contributed by atoms with van der Waals surface area (Å²) in [6, 6.07) is 6.25. The summed E-state index contributed by atoms with van der Waals surface area (Å²) < 4.78 is 8.48. The van der Waals surface area contributed by atoms with Gasteiger partial charge in [-0.25, -0.2) is 0 Å². The molecule has 0 saturated heterocycles. The van der Waals surface area contributed by atoms with E-state index in [2.05, 4.69) is 76.3 Å². The summed E-state index contributed by atoms with van der Waals surface area (Å²) >= 11 is 3.25. The van der Waals surface area contributed by atoms with Crippen LogP contribution < -0.4 is 3.32 Å². The molecule has 155 valence electrons. The van der Waals surface area contributed by atoms with Crippen molar-refractivity contribution >= 4 is 44.5 Å². The molecule has 0 spiro atoms. The topological polar surface area (TPSA) is 9.23 Å². The summed E-state index contributed by atoms with van der Waals surface area (Å²) in [7, 11) is 1.07. The van der Waals surface area contributed by atoms with E-state index in [9.17, 15) is 0 Å². The van der Waals surface area contributed by atoms with Crippen molar-refractivity contribution in [1.29, 1.82) is 0 Å². The van der Waals surface area contributed by atoms with Crippen LogP contribution in [0.3, 0.4) is 0 Å². The molecule has 0 bridgehead atoms. The smallest absolute Gasteiger partial charge is 0.147 e. The minimum atomic E-state index is -3.17. The zero-order valence-corrected chi connectivity index (χ0v) is 24.1. The van der Waals surface area contributed by atoms with Crippen LogP contribution in [0.5, 0.6) is 5.75 Å². The Morgan fingerprint density at radius 2 is 1.52 bits per heavy atom. The third-order valence-electron chi connectivity index (χ3n) is 4.98. The Morgan fingerprint density at radius 1 is 0.963 bits per heavy atom. The van der Waals surface area contributed by atoms with Crippen LogP contribution in [0.2, 0.25) is 15.5 Å². The maximum atomic E-state index is 6.89. The second kappa shape index (κ2) is 8.58. The molecule has 0 heterocycles. The van der Waals surface area contributed by atoms with Crippen LogP contribution in [0.4, 0.5) is 0 Å². The molecule has 1 nitrogen and oxygen atoms in total. The van der Waals surface area contributed by atoms with Gasteiger partial charge < -0.3 is 0 Å². The first-order valence-electron chi connectivity index (χ1n) is 9.21. The van der Waals surface area contributed by atoms with Gasteiger partial charge in [0.05, 0.1) is 0 Å². The van der Waals surface area contributed by atoms with Crippen molar-refractivity contribution in [3.8, 4) is 5.75 Å². The molecule has 0 aromatic heterocycles. The predicted octanol–water partition coefficient (Wildman–Crippen LogP) is 7.10. The van der Waals surface area contributed by atoms with Gasteiger partial charge in [-0.05, 0) is 0 Å². The molecule has 0 radical (unpaired) electrons. The van der Waals surface area contributed by atoms with E-state index in [0.29, 0.717) is 0 Å². The van der Waals surface area contributed by atoms with Gasteiger partial charge in [-0.15, -0.1) is 24.8 Å². The maximum absolute atomic E-state index is 6.89. The van der Waals surface area contributed by atoms with Crippen molar-refractivity contribution in [1.82, 2.24) is 0 Å². The van der Waals surface area contributed by atoms with Crippen molar-refractivity contribution in [2.75, 3.05) is 0 Å². The van der Waals surface area contributed by atoms with E-state index in [4.69, 9.17) is 14.9 Å². The first-order chi connectivity index (χ1) is 11.1. The average Bonchev–Trinajstić information content (AvgIpc) is 2.85. The van der Waals surface area contributed by atoms with Crippen LogP contribution in [0.15, 0.2) is 39.8 Å². The number of halogens is 3. The van der Waals surface area contributed by atoms with Crippen LogP contribution in [-0.2, 0) is 20.4 Å². The average molecular weight is 487 g/mol. The second-order valence-corrected chi connectivity index (χ2v) is 33.7. The molecule has 0 amide bonds. The van der Waals surface area contributed by atoms with Crippen molar-refractivity contribution < 1.29 is 18.3 Å². The van der Waals surface area contributed by atoms with Crippen LogP contribution in [0.1, 0.15) is 53.5 Å². The van der Waals surface area contributed by atoms with Gasteiger partial charge >= 0.3 is 163 Å². The van der Waals surface area contributed by atoms with Gasteiger partial charge in [0.2, 0.25) is 0 Å². The Morgan fingerprint density at radius 3 is 2.00 bits per heavy atom. The van der Waals surface area contributed by atoms with Gasteiger partial charge in [-0.2, -0.15) is 0 Å². The zero-order valence-electron chi connectivity index (χ0n) is 18.2. The molecule has 0 unspecified atom stereocenters. The van der Waals surface area contributed by atoms with Crippen molar-refractivity contribution in [2.45, 2.75) is 63.8 Å². The molecular weight excluding hydrogens is 451 g/mol. The Kier molecular flexibility index (Phi) is 8.67. The van der Waals surface area contributed by atoms with E-state index in [-0.39, 0.29) is 35.6 Å². The second-order valence-electron chi connectivity index (χ2n) is 10.7. The van der Waals surface area contributed by atoms with Crippen molar-refractivity contribution in [3.63, 3.8) is 0 Å². The van der Waals surface area contributed by atoms with Crippen molar-refractivity contribution in [3.05, 3.63) is 50.4 Å². The first-order valence-corrected chi connectivity index (χ1v) is 19.8. The minimum Gasteiger partial charge on any atom is -0.147 e. The minimum absolute atomic E-state index is 0. The van der Waals surface area contributed by atoms with Crippen LogP contribution in [0, 0.1) is 5.41 Å². The number of benzene rings is 1. The van der Waals surface area contributed by atoms with Gasteiger partial charge in [-0.3, -0.25) is 0 Å². The molecule has 6 heteroatoms. The van der Waals surface area contributed by atoms with Gasteiger partial charge in [0.1, 0.15) is 0 Å². The third-order valence-corrected chi connectivity index (χ3v) is 14.0. The molecule has 0 saturated carbocycles. The Labute approximate surface area is 187 Å². The van der Waals surface area contributed by atoms with E-state index < -0.39 is 14.9 Å². The molecule has 1 aliphatic carbocycles. The molecule has 0 fully saturated rings. The fourth-order valence-electron chi connectivity index (χ4n) is 3.54. The summed E-state index contributed by atoms with van der Waals surface area (Å²) in [6.45, 7) is 13.6.